The number of fused-ring (bicyclic) bond motifs is 1. The maximum absolute atomic E-state index is 9.44. The van der Waals surface area contributed by atoms with Gasteiger partial charge in [-0.2, -0.15) is 0 Å². The van der Waals surface area contributed by atoms with Crippen molar-refractivity contribution in [1.29, 1.82) is 0 Å². The van der Waals surface area contributed by atoms with Crippen LogP contribution in [0, 0.1) is 11.3 Å². The van der Waals surface area contributed by atoms with Crippen molar-refractivity contribution >= 4 is 0 Å². The summed E-state index contributed by atoms with van der Waals surface area (Å²) >= 11 is 0. The molecule has 1 saturated heterocycles. The third-order valence-corrected chi connectivity index (χ3v) is 4.78. The third-order valence-electron chi connectivity index (χ3n) is 4.78. The van der Waals surface area contributed by atoms with E-state index < -0.39 is 5.79 Å². The molecule has 16 heavy (non-hydrogen) atoms. The number of hydrogen-bond donors (Lipinski definition) is 1. The van der Waals surface area contributed by atoms with Crippen molar-refractivity contribution < 1.29 is 14.6 Å². The van der Waals surface area contributed by atoms with E-state index in [4.69, 9.17) is 9.47 Å². The fraction of sp³-hybridized carbons (Fsp3) is 0.846. The van der Waals surface area contributed by atoms with E-state index in [1.807, 2.05) is 0 Å². The van der Waals surface area contributed by atoms with Crippen molar-refractivity contribution in [3.63, 3.8) is 0 Å². The highest BCUT2D eigenvalue weighted by molar-refractivity contribution is 5.27. The SMILES string of the molecule is C[C@]12CCC3(C=C1CC[C@@H]2CO)OCCO3. The number of allylic oxidation sites excluding steroid dienone is 1. The molecule has 0 unspecified atom stereocenters. The Kier molecular flexibility index (Phi) is 2.39. The largest absolute Gasteiger partial charge is 0.396 e. The summed E-state index contributed by atoms with van der Waals surface area (Å²) in [5.74, 6) is 0.0108. The summed E-state index contributed by atoms with van der Waals surface area (Å²) in [5, 5.41) is 9.44. The van der Waals surface area contributed by atoms with E-state index in [2.05, 4.69) is 13.0 Å². The van der Waals surface area contributed by atoms with Gasteiger partial charge in [0, 0.05) is 13.0 Å². The van der Waals surface area contributed by atoms with E-state index in [9.17, 15) is 5.11 Å². The lowest BCUT2D eigenvalue weighted by molar-refractivity contribution is -0.134. The van der Waals surface area contributed by atoms with Crippen molar-refractivity contribution in [3.05, 3.63) is 11.6 Å². The zero-order valence-electron chi connectivity index (χ0n) is 9.87. The molecule has 0 amide bonds. The van der Waals surface area contributed by atoms with Crippen molar-refractivity contribution in [2.24, 2.45) is 11.3 Å². The maximum Gasteiger partial charge on any atom is 0.188 e. The normalized spacial score (nSPS) is 41.1. The van der Waals surface area contributed by atoms with Gasteiger partial charge in [0.1, 0.15) is 0 Å². The molecule has 0 radical (unpaired) electrons. The van der Waals surface area contributed by atoms with Crippen LogP contribution in [0.1, 0.15) is 32.6 Å². The van der Waals surface area contributed by atoms with Crippen LogP contribution in [0.4, 0.5) is 0 Å². The molecule has 1 spiro atoms. The first-order valence-electron chi connectivity index (χ1n) is 6.30. The van der Waals surface area contributed by atoms with Gasteiger partial charge in [0.25, 0.3) is 0 Å². The summed E-state index contributed by atoms with van der Waals surface area (Å²) in [6, 6.07) is 0. The maximum atomic E-state index is 9.44. The summed E-state index contributed by atoms with van der Waals surface area (Å²) in [7, 11) is 0. The minimum Gasteiger partial charge on any atom is -0.396 e. The molecule has 0 aromatic heterocycles. The average molecular weight is 224 g/mol. The Bertz CT molecular complexity index is 317. The molecule has 2 fully saturated rings. The van der Waals surface area contributed by atoms with E-state index in [0.717, 1.165) is 25.7 Å². The van der Waals surface area contributed by atoms with Gasteiger partial charge in [-0.05, 0) is 36.7 Å². The van der Waals surface area contributed by atoms with E-state index in [0.29, 0.717) is 25.7 Å². The van der Waals surface area contributed by atoms with Gasteiger partial charge in [0.05, 0.1) is 13.2 Å². The van der Waals surface area contributed by atoms with Gasteiger partial charge in [-0.1, -0.05) is 12.5 Å². The van der Waals surface area contributed by atoms with Crippen molar-refractivity contribution in [3.8, 4) is 0 Å². The van der Waals surface area contributed by atoms with Gasteiger partial charge in [-0.3, -0.25) is 0 Å². The number of aliphatic hydroxyl groups is 1. The smallest absolute Gasteiger partial charge is 0.188 e. The highest BCUT2D eigenvalue weighted by atomic mass is 16.7. The molecule has 2 atom stereocenters. The van der Waals surface area contributed by atoms with E-state index in [1.165, 1.54) is 5.57 Å². The van der Waals surface area contributed by atoms with E-state index in [1.54, 1.807) is 0 Å². The topological polar surface area (TPSA) is 38.7 Å². The van der Waals surface area contributed by atoms with Gasteiger partial charge in [-0.25, -0.2) is 0 Å². The zero-order chi connectivity index (χ0) is 11.2. The van der Waals surface area contributed by atoms with Gasteiger partial charge >= 0.3 is 0 Å². The van der Waals surface area contributed by atoms with Crippen LogP contribution < -0.4 is 0 Å². The lowest BCUT2D eigenvalue weighted by atomic mass is 9.69. The summed E-state index contributed by atoms with van der Waals surface area (Å²) in [5.41, 5.74) is 1.63. The predicted octanol–water partition coefficient (Wildman–Crippen LogP) is 1.86. The second kappa shape index (κ2) is 3.56. The Hall–Kier alpha value is -0.380. The van der Waals surface area contributed by atoms with Crippen LogP contribution in [0.25, 0.3) is 0 Å². The van der Waals surface area contributed by atoms with Gasteiger partial charge in [-0.15, -0.1) is 0 Å². The Morgan fingerprint density at radius 1 is 1.38 bits per heavy atom. The zero-order valence-corrected chi connectivity index (χ0v) is 9.87. The molecule has 3 nitrogen and oxygen atoms in total. The molecule has 1 N–H and O–H groups in total. The van der Waals surface area contributed by atoms with Crippen LogP contribution in [0.3, 0.4) is 0 Å². The Labute approximate surface area is 96.4 Å². The quantitative estimate of drug-likeness (QED) is 0.691. The van der Waals surface area contributed by atoms with Crippen LogP contribution in [-0.2, 0) is 9.47 Å². The first kappa shape index (κ1) is 10.8. The van der Waals surface area contributed by atoms with Crippen molar-refractivity contribution in [1.82, 2.24) is 0 Å². The third kappa shape index (κ3) is 1.38. The van der Waals surface area contributed by atoms with Gasteiger partial charge in [0.15, 0.2) is 5.79 Å². The minimum absolute atomic E-state index is 0.190. The summed E-state index contributed by atoms with van der Waals surface area (Å²) in [6.45, 7) is 4.02. The second-order valence-corrected chi connectivity index (χ2v) is 5.51. The predicted molar refractivity (Wildman–Crippen MR) is 59.9 cm³/mol. The van der Waals surface area contributed by atoms with Crippen molar-refractivity contribution in [2.45, 2.75) is 38.4 Å². The highest BCUT2D eigenvalue weighted by Gasteiger charge is 2.49. The lowest BCUT2D eigenvalue weighted by Crippen LogP contribution is -2.38. The number of ether oxygens (including phenoxy) is 2. The van der Waals surface area contributed by atoms with Crippen LogP contribution in [-0.4, -0.2) is 30.7 Å². The molecular formula is C13H20O3. The summed E-state index contributed by atoms with van der Waals surface area (Å²) in [6.07, 6.45) is 6.41. The number of hydrogen-bond acceptors (Lipinski definition) is 3. The van der Waals surface area contributed by atoms with Crippen LogP contribution in [0.15, 0.2) is 11.6 Å². The molecular weight excluding hydrogens is 204 g/mol. The molecule has 1 saturated carbocycles. The Morgan fingerprint density at radius 3 is 2.81 bits per heavy atom. The Morgan fingerprint density at radius 2 is 2.12 bits per heavy atom. The monoisotopic (exact) mass is 224 g/mol. The van der Waals surface area contributed by atoms with Crippen LogP contribution in [0.5, 0.6) is 0 Å². The molecule has 90 valence electrons. The molecule has 2 aliphatic carbocycles. The molecule has 0 bridgehead atoms. The molecule has 1 heterocycles. The van der Waals surface area contributed by atoms with Crippen molar-refractivity contribution in [2.75, 3.05) is 19.8 Å². The first-order valence-corrected chi connectivity index (χ1v) is 6.30. The second-order valence-electron chi connectivity index (χ2n) is 5.51. The lowest BCUT2D eigenvalue weighted by Gasteiger charge is -2.40. The standard InChI is InChI=1S/C13H20O3/c1-12-4-5-13(15-6-7-16-13)8-10(12)2-3-11(12)9-14/h8,11,14H,2-7,9H2,1H3/t11-,12+/m1/s1. The minimum atomic E-state index is -0.417. The average Bonchev–Trinajstić information content (AvgIpc) is 2.85. The number of rotatable bonds is 1. The fourth-order valence-electron chi connectivity index (χ4n) is 3.56. The number of aliphatic hydroxyl groups excluding tert-OH is 1. The van der Waals surface area contributed by atoms with Gasteiger partial charge < -0.3 is 14.6 Å². The summed E-state index contributed by atoms with van der Waals surface area (Å²) in [4.78, 5) is 0. The van der Waals surface area contributed by atoms with Crippen LogP contribution in [0.2, 0.25) is 0 Å². The van der Waals surface area contributed by atoms with E-state index >= 15 is 0 Å². The molecule has 3 heteroatoms. The van der Waals surface area contributed by atoms with Crippen LogP contribution >= 0.6 is 0 Å². The van der Waals surface area contributed by atoms with E-state index in [-0.39, 0.29) is 5.41 Å². The highest BCUT2D eigenvalue weighted by Crippen LogP contribution is 2.55. The molecule has 3 rings (SSSR count). The molecule has 3 aliphatic rings. The van der Waals surface area contributed by atoms with Gasteiger partial charge in [0.2, 0.25) is 0 Å². The molecule has 0 aromatic carbocycles. The molecule has 1 aliphatic heterocycles. The molecule has 0 aromatic rings. The fourth-order valence-corrected chi connectivity index (χ4v) is 3.56. The summed E-state index contributed by atoms with van der Waals surface area (Å²) < 4.78 is 11.5. The Balaban J connectivity index is 1.91. The first-order chi connectivity index (χ1) is 7.69.